The number of morpholine rings is 1. The largest absolute Gasteiger partial charge is 0.491 e. The molecule has 0 unspecified atom stereocenters. The summed E-state index contributed by atoms with van der Waals surface area (Å²) in [4.78, 5) is 39.2. The molecule has 10 nitrogen and oxygen atoms in total. The third-order valence-electron chi connectivity index (χ3n) is 7.41. The molecule has 1 saturated heterocycles. The molecule has 0 aliphatic carbocycles. The molecule has 6 rings (SSSR count). The number of fused-ring (bicyclic) bond motifs is 2. The van der Waals surface area contributed by atoms with E-state index >= 15 is 0 Å². The second-order valence-electron chi connectivity index (χ2n) is 10.5. The minimum atomic E-state index is -5.22. The van der Waals surface area contributed by atoms with Gasteiger partial charge in [0.15, 0.2) is 11.5 Å². The highest BCUT2D eigenvalue weighted by Crippen LogP contribution is 2.28. The third-order valence-corrected chi connectivity index (χ3v) is 7.41. The highest BCUT2D eigenvalue weighted by atomic mass is 19.4. The van der Waals surface area contributed by atoms with Crippen molar-refractivity contribution >= 4 is 40.0 Å². The molecule has 0 bridgehead atoms. The first-order valence-corrected chi connectivity index (χ1v) is 14.4. The van der Waals surface area contributed by atoms with Crippen LogP contribution in [0.3, 0.4) is 0 Å². The van der Waals surface area contributed by atoms with Gasteiger partial charge in [-0.2, -0.15) is 13.2 Å². The van der Waals surface area contributed by atoms with Gasteiger partial charge in [-0.05, 0) is 37.1 Å². The second-order valence-corrected chi connectivity index (χ2v) is 10.5. The van der Waals surface area contributed by atoms with Gasteiger partial charge in [-0.1, -0.05) is 36.4 Å². The van der Waals surface area contributed by atoms with E-state index < -0.39 is 24.5 Å². The van der Waals surface area contributed by atoms with Crippen molar-refractivity contribution in [2.24, 2.45) is 0 Å². The van der Waals surface area contributed by atoms with E-state index in [-0.39, 0.29) is 6.54 Å². The van der Waals surface area contributed by atoms with Gasteiger partial charge in [-0.15, -0.1) is 0 Å². The average Bonchev–Trinajstić information content (AvgIpc) is 3.48. The molecule has 0 atom stereocenters. The molecule has 5 aromatic rings. The van der Waals surface area contributed by atoms with E-state index in [0.29, 0.717) is 38.4 Å². The first kappa shape index (κ1) is 30.0. The molecule has 13 heteroatoms. The van der Waals surface area contributed by atoms with Crippen LogP contribution in [-0.4, -0.2) is 70.3 Å². The number of imidazole rings is 1. The maximum atomic E-state index is 12.3. The van der Waals surface area contributed by atoms with E-state index in [1.54, 1.807) is 12.1 Å². The standard InChI is InChI=1S/C32H29F3N6O4/c33-32(34,35)31(43)45-28(42)13-14-36-23-8-6-22(7-9-23)27-19-37-29(40-15-17-44-18-16-40)30-39-25(20-41(27)30)12-11-24-10-5-21-3-1-2-4-26(21)38-24/h1-10,19-20,36H,11-18H2. The van der Waals surface area contributed by atoms with Crippen LogP contribution in [0.2, 0.25) is 0 Å². The Morgan fingerprint density at radius 2 is 1.69 bits per heavy atom. The number of aromatic nitrogens is 4. The number of anilines is 2. The molecule has 45 heavy (non-hydrogen) atoms. The second kappa shape index (κ2) is 12.9. The maximum absolute atomic E-state index is 12.3. The van der Waals surface area contributed by atoms with Crippen molar-refractivity contribution in [3.63, 3.8) is 0 Å². The van der Waals surface area contributed by atoms with Crippen molar-refractivity contribution in [1.29, 1.82) is 0 Å². The molecule has 3 aromatic heterocycles. The van der Waals surface area contributed by atoms with E-state index in [2.05, 4.69) is 21.0 Å². The molecular weight excluding hydrogens is 589 g/mol. The number of benzene rings is 2. The van der Waals surface area contributed by atoms with E-state index in [9.17, 15) is 22.8 Å². The quantitative estimate of drug-likeness (QED) is 0.180. The van der Waals surface area contributed by atoms with Crippen LogP contribution >= 0.6 is 0 Å². The summed E-state index contributed by atoms with van der Waals surface area (Å²) in [5, 5.41) is 4.05. The number of esters is 2. The highest BCUT2D eigenvalue weighted by molar-refractivity contribution is 5.88. The summed E-state index contributed by atoms with van der Waals surface area (Å²) in [7, 11) is 0. The van der Waals surface area contributed by atoms with Gasteiger partial charge in [-0.25, -0.2) is 14.8 Å². The first-order valence-electron chi connectivity index (χ1n) is 14.4. The molecule has 4 heterocycles. The lowest BCUT2D eigenvalue weighted by Gasteiger charge is -2.28. The zero-order valence-corrected chi connectivity index (χ0v) is 24.1. The summed E-state index contributed by atoms with van der Waals surface area (Å²) in [5.74, 6) is -3.00. The Morgan fingerprint density at radius 3 is 2.47 bits per heavy atom. The van der Waals surface area contributed by atoms with Crippen LogP contribution in [-0.2, 0) is 31.9 Å². The van der Waals surface area contributed by atoms with Crippen molar-refractivity contribution < 1.29 is 32.2 Å². The molecule has 1 fully saturated rings. The zero-order chi connectivity index (χ0) is 31.4. The number of para-hydroxylation sites is 1. The topological polar surface area (TPSA) is 111 Å². The Kier molecular flexibility index (Phi) is 8.60. The summed E-state index contributed by atoms with van der Waals surface area (Å²) in [6, 6.07) is 19.5. The van der Waals surface area contributed by atoms with Crippen LogP contribution in [0.1, 0.15) is 17.8 Å². The Hall–Kier alpha value is -5.04. The van der Waals surface area contributed by atoms with Crippen LogP contribution in [0.25, 0.3) is 27.8 Å². The molecule has 2 aromatic carbocycles. The molecule has 232 valence electrons. The van der Waals surface area contributed by atoms with Crippen LogP contribution in [0.5, 0.6) is 0 Å². The van der Waals surface area contributed by atoms with Crippen molar-refractivity contribution in [3.05, 3.63) is 84.4 Å². The number of ether oxygens (including phenoxy) is 2. The van der Waals surface area contributed by atoms with E-state index in [4.69, 9.17) is 19.7 Å². The summed E-state index contributed by atoms with van der Waals surface area (Å²) in [6.07, 6.45) is -0.382. The van der Waals surface area contributed by atoms with Gasteiger partial charge in [0.25, 0.3) is 0 Å². The Balaban J connectivity index is 1.19. The smallest absolute Gasteiger partial charge is 0.386 e. The minimum Gasteiger partial charge on any atom is -0.386 e. The number of halogens is 3. The summed E-state index contributed by atoms with van der Waals surface area (Å²) in [5.41, 5.74) is 5.92. The van der Waals surface area contributed by atoms with Gasteiger partial charge in [0.05, 0.1) is 42.7 Å². The molecule has 1 aliphatic rings. The molecule has 0 radical (unpaired) electrons. The first-order chi connectivity index (χ1) is 21.7. The molecule has 0 amide bonds. The molecule has 1 aliphatic heterocycles. The number of hydrogen-bond acceptors (Lipinski definition) is 9. The lowest BCUT2D eigenvalue weighted by atomic mass is 10.1. The van der Waals surface area contributed by atoms with Gasteiger partial charge in [0.1, 0.15) is 0 Å². The highest BCUT2D eigenvalue weighted by Gasteiger charge is 2.42. The van der Waals surface area contributed by atoms with Crippen molar-refractivity contribution in [2.75, 3.05) is 43.1 Å². The fourth-order valence-electron chi connectivity index (χ4n) is 5.13. The maximum Gasteiger partial charge on any atom is 0.491 e. The SMILES string of the molecule is O=C(CCNc1ccc(-c2cnc(N3CCOCC3)c3nc(CCc4ccc5ccccc5n4)cn23)cc1)OC(=O)C(F)(F)F. The van der Waals surface area contributed by atoms with E-state index in [1.807, 2.05) is 59.3 Å². The number of carbonyl (C=O) groups excluding carboxylic acids is 2. The normalized spacial score (nSPS) is 13.7. The fraction of sp³-hybridized carbons (Fsp3) is 0.281. The van der Waals surface area contributed by atoms with E-state index in [1.165, 1.54) is 0 Å². The van der Waals surface area contributed by atoms with Crippen LogP contribution < -0.4 is 10.2 Å². The lowest BCUT2D eigenvalue weighted by molar-refractivity contribution is -0.201. The van der Waals surface area contributed by atoms with Crippen LogP contribution in [0, 0.1) is 0 Å². The number of nitrogens with zero attached hydrogens (tertiary/aromatic N) is 5. The Labute approximate surface area is 255 Å². The molecule has 0 spiro atoms. The van der Waals surface area contributed by atoms with Gasteiger partial charge < -0.3 is 19.7 Å². The number of rotatable bonds is 9. The number of nitrogens with one attached hydrogen (secondary N) is 1. The summed E-state index contributed by atoms with van der Waals surface area (Å²) >= 11 is 0. The van der Waals surface area contributed by atoms with Gasteiger partial charge in [0.2, 0.25) is 0 Å². The van der Waals surface area contributed by atoms with Gasteiger partial charge in [0, 0.05) is 48.2 Å². The summed E-state index contributed by atoms with van der Waals surface area (Å²) in [6.45, 7) is 2.64. The molecule has 0 saturated carbocycles. The third kappa shape index (κ3) is 7.04. The predicted octanol–water partition coefficient (Wildman–Crippen LogP) is 5.00. The molecular formula is C32H29F3N6O4. The van der Waals surface area contributed by atoms with Crippen molar-refractivity contribution in [3.8, 4) is 11.3 Å². The zero-order valence-electron chi connectivity index (χ0n) is 24.1. The number of alkyl halides is 3. The Bertz CT molecular complexity index is 1840. The fourth-order valence-corrected chi connectivity index (χ4v) is 5.13. The average molecular weight is 619 g/mol. The van der Waals surface area contributed by atoms with E-state index in [0.717, 1.165) is 51.4 Å². The van der Waals surface area contributed by atoms with Crippen LogP contribution in [0.15, 0.2) is 73.1 Å². The monoisotopic (exact) mass is 618 g/mol. The minimum absolute atomic E-state index is 0.0136. The van der Waals surface area contributed by atoms with Gasteiger partial charge >= 0.3 is 18.1 Å². The number of aryl methyl sites for hydroxylation is 2. The van der Waals surface area contributed by atoms with Crippen molar-refractivity contribution in [1.82, 2.24) is 19.4 Å². The predicted molar refractivity (Wildman–Crippen MR) is 161 cm³/mol. The van der Waals surface area contributed by atoms with Gasteiger partial charge in [-0.3, -0.25) is 14.2 Å². The number of pyridine rings is 1. The summed E-state index contributed by atoms with van der Waals surface area (Å²) < 4.78 is 48.2. The van der Waals surface area contributed by atoms with Crippen molar-refractivity contribution in [2.45, 2.75) is 25.4 Å². The van der Waals surface area contributed by atoms with Crippen LogP contribution in [0.4, 0.5) is 24.7 Å². The number of carbonyl (C=O) groups is 2. The molecule has 1 N–H and O–H groups in total. The number of hydrogen-bond donors (Lipinski definition) is 1. The lowest BCUT2D eigenvalue weighted by Crippen LogP contribution is -2.37. The Morgan fingerprint density at radius 1 is 0.933 bits per heavy atom.